The van der Waals surface area contributed by atoms with Crippen molar-refractivity contribution in [3.05, 3.63) is 35.4 Å². The third-order valence-corrected chi connectivity index (χ3v) is 3.32. The summed E-state index contributed by atoms with van der Waals surface area (Å²) in [5.74, 6) is -2.89. The van der Waals surface area contributed by atoms with Crippen LogP contribution in [0.4, 0.5) is 0 Å². The minimum atomic E-state index is -1.25. The highest BCUT2D eigenvalue weighted by Gasteiger charge is 2.19. The first kappa shape index (κ1) is 18.7. The van der Waals surface area contributed by atoms with Crippen molar-refractivity contribution in [3.63, 3.8) is 0 Å². The third kappa shape index (κ3) is 6.95. The minimum absolute atomic E-state index is 0.160. The van der Waals surface area contributed by atoms with Crippen molar-refractivity contribution < 1.29 is 29.3 Å². The van der Waals surface area contributed by atoms with E-state index in [1.54, 1.807) is 0 Å². The Morgan fingerprint density at radius 3 is 2.17 bits per heavy atom. The molecule has 0 bridgehead atoms. The molecule has 23 heavy (non-hydrogen) atoms. The van der Waals surface area contributed by atoms with Crippen LogP contribution in [0.15, 0.2) is 24.3 Å². The van der Waals surface area contributed by atoms with E-state index in [1.807, 2.05) is 0 Å². The van der Waals surface area contributed by atoms with E-state index in [-0.39, 0.29) is 17.5 Å². The van der Waals surface area contributed by atoms with Gasteiger partial charge in [-0.2, -0.15) is 0 Å². The molecule has 0 fully saturated rings. The molecular weight excluding hydrogens is 300 g/mol. The van der Waals surface area contributed by atoms with Gasteiger partial charge in [0.05, 0.1) is 17.5 Å². The van der Waals surface area contributed by atoms with Crippen LogP contribution in [-0.2, 0) is 14.6 Å². The quantitative estimate of drug-likeness (QED) is 0.423. The maximum atomic E-state index is 11.8. The molecule has 0 aromatic heterocycles. The molecule has 0 heterocycles. The molecule has 126 valence electrons. The average molecular weight is 322 g/mol. The number of carbonyl (C=O) groups is 3. The van der Waals surface area contributed by atoms with E-state index in [1.165, 1.54) is 30.7 Å². The maximum Gasteiger partial charge on any atom is 0.387 e. The maximum absolute atomic E-state index is 11.8. The topological polar surface area (TPSA) is 89.9 Å². The van der Waals surface area contributed by atoms with Crippen molar-refractivity contribution in [2.75, 3.05) is 0 Å². The lowest BCUT2D eigenvalue weighted by Gasteiger charge is -2.05. The Kier molecular flexibility index (Phi) is 8.42. The number of hydrogen-bond donors (Lipinski definition) is 1. The fraction of sp³-hybridized carbons (Fsp3) is 0.471. The highest BCUT2D eigenvalue weighted by Crippen LogP contribution is 2.11. The number of unbranched alkanes of at least 4 members (excludes halogenated alkanes) is 5. The molecule has 0 atom stereocenters. The number of carboxylic acid groups (broad SMARTS) is 1. The van der Waals surface area contributed by atoms with Gasteiger partial charge in [0.2, 0.25) is 0 Å². The van der Waals surface area contributed by atoms with E-state index >= 15 is 0 Å². The largest absolute Gasteiger partial charge is 0.478 e. The second kappa shape index (κ2) is 10.4. The van der Waals surface area contributed by atoms with E-state index in [2.05, 4.69) is 16.7 Å². The molecular formula is C17H22O6. The number of hydrogen-bond acceptors (Lipinski definition) is 5. The summed E-state index contributed by atoms with van der Waals surface area (Å²) in [6, 6.07) is 5.57. The number of carbonyl (C=O) groups excluding carboxylic acids is 2. The predicted octanol–water partition coefficient (Wildman–Crippen LogP) is 3.75. The lowest BCUT2D eigenvalue weighted by Crippen LogP contribution is -2.14. The van der Waals surface area contributed by atoms with Gasteiger partial charge >= 0.3 is 17.9 Å². The molecule has 1 rings (SSSR count). The SMILES string of the molecule is CCCCCCCCC(=O)OOC(=O)c1ccccc1C(=O)O. The first-order chi connectivity index (χ1) is 11.1. The molecule has 1 N–H and O–H groups in total. The van der Waals surface area contributed by atoms with Crippen molar-refractivity contribution in [3.8, 4) is 0 Å². The number of carboxylic acids is 1. The first-order valence-electron chi connectivity index (χ1n) is 7.80. The molecule has 0 saturated heterocycles. The van der Waals surface area contributed by atoms with Gasteiger partial charge in [0, 0.05) is 0 Å². The Balaban J connectivity index is 2.33. The van der Waals surface area contributed by atoms with Crippen LogP contribution in [0.3, 0.4) is 0 Å². The van der Waals surface area contributed by atoms with Gasteiger partial charge in [-0.15, -0.1) is 0 Å². The lowest BCUT2D eigenvalue weighted by molar-refractivity contribution is -0.234. The Morgan fingerprint density at radius 2 is 1.52 bits per heavy atom. The van der Waals surface area contributed by atoms with Gasteiger partial charge in [-0.05, 0) is 18.6 Å². The Labute approximate surface area is 135 Å². The Hall–Kier alpha value is -2.37. The standard InChI is InChI=1S/C17H22O6/c1-2-3-4-5-6-7-12-15(18)22-23-17(21)14-11-9-8-10-13(14)16(19)20/h8-11H,2-7,12H2,1H3,(H,19,20). The lowest BCUT2D eigenvalue weighted by atomic mass is 10.1. The zero-order chi connectivity index (χ0) is 17.1. The molecule has 1 aromatic carbocycles. The second-order valence-electron chi connectivity index (χ2n) is 5.19. The van der Waals surface area contributed by atoms with E-state index in [9.17, 15) is 14.4 Å². The monoisotopic (exact) mass is 322 g/mol. The van der Waals surface area contributed by atoms with Gasteiger partial charge in [0.15, 0.2) is 0 Å². The zero-order valence-corrected chi connectivity index (χ0v) is 13.2. The van der Waals surface area contributed by atoms with Crippen LogP contribution in [0.1, 0.15) is 72.6 Å². The smallest absolute Gasteiger partial charge is 0.387 e. The van der Waals surface area contributed by atoms with Crippen LogP contribution in [-0.4, -0.2) is 23.0 Å². The molecule has 0 spiro atoms. The summed E-state index contributed by atoms with van der Waals surface area (Å²) < 4.78 is 0. The highest BCUT2D eigenvalue weighted by atomic mass is 17.2. The summed E-state index contributed by atoms with van der Waals surface area (Å²) in [4.78, 5) is 43.1. The van der Waals surface area contributed by atoms with Crippen LogP contribution in [0.5, 0.6) is 0 Å². The highest BCUT2D eigenvalue weighted by molar-refractivity contribution is 6.02. The fourth-order valence-electron chi connectivity index (χ4n) is 2.07. The zero-order valence-electron chi connectivity index (χ0n) is 13.2. The number of benzene rings is 1. The van der Waals surface area contributed by atoms with Crippen LogP contribution >= 0.6 is 0 Å². The van der Waals surface area contributed by atoms with Gasteiger partial charge in [-0.3, -0.25) is 0 Å². The summed E-state index contributed by atoms with van der Waals surface area (Å²) in [5, 5.41) is 8.98. The summed E-state index contributed by atoms with van der Waals surface area (Å²) in [7, 11) is 0. The fourth-order valence-corrected chi connectivity index (χ4v) is 2.07. The van der Waals surface area contributed by atoms with Crippen molar-refractivity contribution in [1.82, 2.24) is 0 Å². The normalized spacial score (nSPS) is 10.1. The summed E-state index contributed by atoms with van der Waals surface area (Å²) in [6.07, 6.45) is 6.32. The molecule has 0 aliphatic rings. The molecule has 0 amide bonds. The molecule has 0 saturated carbocycles. The summed E-state index contributed by atoms with van der Waals surface area (Å²) >= 11 is 0. The van der Waals surface area contributed by atoms with E-state index in [4.69, 9.17) is 5.11 Å². The third-order valence-electron chi connectivity index (χ3n) is 3.32. The summed E-state index contributed by atoms with van der Waals surface area (Å²) in [6.45, 7) is 2.13. The van der Waals surface area contributed by atoms with Gasteiger partial charge in [0.25, 0.3) is 0 Å². The van der Waals surface area contributed by atoms with E-state index < -0.39 is 17.9 Å². The van der Waals surface area contributed by atoms with Crippen molar-refractivity contribution >= 4 is 17.9 Å². The van der Waals surface area contributed by atoms with Crippen molar-refractivity contribution in [2.45, 2.75) is 51.9 Å². The van der Waals surface area contributed by atoms with Crippen LogP contribution < -0.4 is 0 Å². The van der Waals surface area contributed by atoms with E-state index in [0.29, 0.717) is 6.42 Å². The van der Waals surface area contributed by atoms with Crippen molar-refractivity contribution in [2.24, 2.45) is 0 Å². The van der Waals surface area contributed by atoms with E-state index in [0.717, 1.165) is 25.7 Å². The predicted molar refractivity (Wildman–Crippen MR) is 82.9 cm³/mol. The molecule has 0 aliphatic heterocycles. The van der Waals surface area contributed by atoms with Crippen LogP contribution in [0.25, 0.3) is 0 Å². The molecule has 0 aliphatic carbocycles. The second-order valence-corrected chi connectivity index (χ2v) is 5.19. The first-order valence-corrected chi connectivity index (χ1v) is 7.80. The Bertz CT molecular complexity index is 538. The number of aromatic carboxylic acids is 1. The van der Waals surface area contributed by atoms with Gasteiger partial charge in [-0.25, -0.2) is 24.2 Å². The molecule has 0 radical (unpaired) electrons. The van der Waals surface area contributed by atoms with Crippen molar-refractivity contribution in [1.29, 1.82) is 0 Å². The summed E-state index contributed by atoms with van der Waals surface area (Å²) in [5.41, 5.74) is -0.364. The average Bonchev–Trinajstić information content (AvgIpc) is 2.55. The number of rotatable bonds is 9. The minimum Gasteiger partial charge on any atom is -0.478 e. The van der Waals surface area contributed by atoms with Crippen LogP contribution in [0, 0.1) is 0 Å². The van der Waals surface area contributed by atoms with Gasteiger partial charge in [-0.1, -0.05) is 51.2 Å². The van der Waals surface area contributed by atoms with Gasteiger partial charge < -0.3 is 5.11 Å². The van der Waals surface area contributed by atoms with Crippen LogP contribution in [0.2, 0.25) is 0 Å². The molecule has 0 unspecified atom stereocenters. The molecule has 6 heteroatoms. The molecule has 6 nitrogen and oxygen atoms in total. The Morgan fingerprint density at radius 1 is 0.913 bits per heavy atom. The molecule has 1 aromatic rings. The van der Waals surface area contributed by atoms with Gasteiger partial charge in [0.1, 0.15) is 0 Å².